The number of nitrogens with one attached hydrogen (secondary N) is 1. The molecule has 24 heavy (non-hydrogen) atoms. The number of hydrogen-bond donors (Lipinski definition) is 2. The van der Waals surface area contributed by atoms with Gasteiger partial charge in [0.1, 0.15) is 11.6 Å². The van der Waals surface area contributed by atoms with Crippen molar-refractivity contribution >= 4 is 18.0 Å². The number of aliphatic carboxylic acids is 1. The molecule has 0 spiro atoms. The van der Waals surface area contributed by atoms with Gasteiger partial charge < -0.3 is 15.2 Å². The third-order valence-corrected chi connectivity index (χ3v) is 2.69. The van der Waals surface area contributed by atoms with Crippen LogP contribution in [0.3, 0.4) is 0 Å². The van der Waals surface area contributed by atoms with Crippen LogP contribution in [0.15, 0.2) is 23.8 Å². The lowest BCUT2D eigenvalue weighted by atomic mass is 10.1. The van der Waals surface area contributed by atoms with Gasteiger partial charge in [0.2, 0.25) is 0 Å². The quantitative estimate of drug-likeness (QED) is 0.615. The Balaban J connectivity index is 2.98. The number of benzene rings is 1. The lowest BCUT2D eigenvalue weighted by Gasteiger charge is -2.20. The molecule has 0 aliphatic rings. The SMILES string of the molecule is CC(C)(C)NC(=O)C(C#N)=Cc1ccc(F)c(OCCC(=O)O)c1. The molecule has 1 amide bonds. The number of ether oxygens (including phenoxy) is 1. The lowest BCUT2D eigenvalue weighted by molar-refractivity contribution is -0.137. The standard InChI is InChI=1S/C17H19FN2O4/c1-17(2,3)20-16(23)12(10-19)8-11-4-5-13(18)14(9-11)24-7-6-15(21)22/h4-5,8-9H,6-7H2,1-3H3,(H,20,23)(H,21,22). The summed E-state index contributed by atoms with van der Waals surface area (Å²) in [5.74, 6) is -2.39. The van der Waals surface area contributed by atoms with Crippen LogP contribution in [-0.2, 0) is 9.59 Å². The normalized spacial score (nSPS) is 11.5. The van der Waals surface area contributed by atoms with E-state index in [-0.39, 0.29) is 24.4 Å². The van der Waals surface area contributed by atoms with E-state index in [1.807, 2.05) is 0 Å². The average Bonchev–Trinajstić information content (AvgIpc) is 2.45. The van der Waals surface area contributed by atoms with Crippen LogP contribution in [0, 0.1) is 17.1 Å². The maximum Gasteiger partial charge on any atom is 0.306 e. The summed E-state index contributed by atoms with van der Waals surface area (Å²) >= 11 is 0. The molecule has 0 fully saturated rings. The molecule has 6 nitrogen and oxygen atoms in total. The fraction of sp³-hybridized carbons (Fsp3) is 0.353. The molecule has 1 aromatic rings. The lowest BCUT2D eigenvalue weighted by Crippen LogP contribution is -2.41. The molecule has 1 rings (SSSR count). The van der Waals surface area contributed by atoms with Crippen molar-refractivity contribution in [3.63, 3.8) is 0 Å². The number of carboxylic acids is 1. The third-order valence-electron chi connectivity index (χ3n) is 2.69. The summed E-state index contributed by atoms with van der Waals surface area (Å²) in [7, 11) is 0. The van der Waals surface area contributed by atoms with Crippen LogP contribution in [-0.4, -0.2) is 29.1 Å². The summed E-state index contributed by atoms with van der Waals surface area (Å²) < 4.78 is 18.7. The summed E-state index contributed by atoms with van der Waals surface area (Å²) in [6, 6.07) is 5.62. The van der Waals surface area contributed by atoms with Crippen LogP contribution in [0.1, 0.15) is 32.8 Å². The Hall–Kier alpha value is -2.88. The van der Waals surface area contributed by atoms with Gasteiger partial charge in [0.05, 0.1) is 13.0 Å². The predicted octanol–water partition coefficient (Wildman–Crippen LogP) is 2.50. The number of nitrogens with zero attached hydrogens (tertiary/aromatic N) is 1. The van der Waals surface area contributed by atoms with E-state index >= 15 is 0 Å². The van der Waals surface area contributed by atoms with Gasteiger partial charge in [0, 0.05) is 5.54 Å². The highest BCUT2D eigenvalue weighted by atomic mass is 19.1. The number of carbonyl (C=O) groups excluding carboxylic acids is 1. The monoisotopic (exact) mass is 334 g/mol. The summed E-state index contributed by atoms with van der Waals surface area (Å²) in [6.45, 7) is 5.17. The van der Waals surface area contributed by atoms with Crippen LogP contribution >= 0.6 is 0 Å². The number of nitriles is 1. The second-order valence-corrected chi connectivity index (χ2v) is 6.06. The highest BCUT2D eigenvalue weighted by Gasteiger charge is 2.17. The first-order valence-corrected chi connectivity index (χ1v) is 7.21. The number of halogens is 1. The topological polar surface area (TPSA) is 99.4 Å². The Labute approximate surface area is 139 Å². The summed E-state index contributed by atoms with van der Waals surface area (Å²) in [5, 5.41) is 20.4. The van der Waals surface area contributed by atoms with E-state index in [0.29, 0.717) is 5.56 Å². The summed E-state index contributed by atoms with van der Waals surface area (Å²) in [4.78, 5) is 22.5. The number of hydrogen-bond acceptors (Lipinski definition) is 4. The largest absolute Gasteiger partial charge is 0.490 e. The van der Waals surface area contributed by atoms with E-state index in [9.17, 15) is 14.0 Å². The molecule has 0 saturated heterocycles. The zero-order valence-corrected chi connectivity index (χ0v) is 13.7. The molecule has 2 N–H and O–H groups in total. The minimum absolute atomic E-state index is 0.131. The minimum Gasteiger partial charge on any atom is -0.490 e. The van der Waals surface area contributed by atoms with Gasteiger partial charge in [-0.25, -0.2) is 4.39 Å². The van der Waals surface area contributed by atoms with Gasteiger partial charge in [0.15, 0.2) is 11.6 Å². The van der Waals surface area contributed by atoms with Gasteiger partial charge in [-0.3, -0.25) is 9.59 Å². The molecule has 0 aliphatic heterocycles. The van der Waals surface area contributed by atoms with E-state index < -0.39 is 23.2 Å². The van der Waals surface area contributed by atoms with Crippen molar-refractivity contribution in [2.75, 3.05) is 6.61 Å². The van der Waals surface area contributed by atoms with Crippen LogP contribution < -0.4 is 10.1 Å². The zero-order valence-electron chi connectivity index (χ0n) is 13.7. The first kappa shape index (κ1) is 19.2. The van der Waals surface area contributed by atoms with Gasteiger partial charge in [-0.1, -0.05) is 6.07 Å². The zero-order chi connectivity index (χ0) is 18.3. The van der Waals surface area contributed by atoms with Gasteiger partial charge in [0.25, 0.3) is 5.91 Å². The molecule has 0 atom stereocenters. The Morgan fingerprint density at radius 3 is 2.62 bits per heavy atom. The molecule has 0 bridgehead atoms. The highest BCUT2D eigenvalue weighted by Crippen LogP contribution is 2.21. The van der Waals surface area contributed by atoms with Crippen molar-refractivity contribution in [3.8, 4) is 11.8 Å². The molecule has 0 aromatic heterocycles. The van der Waals surface area contributed by atoms with E-state index in [2.05, 4.69) is 5.32 Å². The van der Waals surface area contributed by atoms with Crippen molar-refractivity contribution in [2.45, 2.75) is 32.7 Å². The van der Waals surface area contributed by atoms with E-state index in [1.165, 1.54) is 18.2 Å². The number of carboxylic acid groups (broad SMARTS) is 1. The van der Waals surface area contributed by atoms with E-state index in [0.717, 1.165) is 6.07 Å². The maximum absolute atomic E-state index is 13.7. The molecular weight excluding hydrogens is 315 g/mol. The van der Waals surface area contributed by atoms with E-state index in [1.54, 1.807) is 26.8 Å². The summed E-state index contributed by atoms with van der Waals surface area (Å²) in [6.07, 6.45) is 1.04. The van der Waals surface area contributed by atoms with Crippen LogP contribution in [0.2, 0.25) is 0 Å². The fourth-order valence-corrected chi connectivity index (χ4v) is 1.69. The first-order chi connectivity index (χ1) is 11.1. The molecule has 0 saturated carbocycles. The molecule has 1 aromatic carbocycles. The van der Waals surface area contributed by atoms with Gasteiger partial charge in [-0.2, -0.15) is 5.26 Å². The predicted molar refractivity (Wildman–Crippen MR) is 85.6 cm³/mol. The van der Waals surface area contributed by atoms with Crippen molar-refractivity contribution in [2.24, 2.45) is 0 Å². The molecule has 0 aliphatic carbocycles. The van der Waals surface area contributed by atoms with Crippen molar-refractivity contribution in [3.05, 3.63) is 35.2 Å². The molecule has 0 unspecified atom stereocenters. The van der Waals surface area contributed by atoms with Crippen LogP contribution in [0.5, 0.6) is 5.75 Å². The number of rotatable bonds is 6. The van der Waals surface area contributed by atoms with Gasteiger partial charge in [-0.05, 0) is 44.5 Å². The number of amides is 1. The Bertz CT molecular complexity index is 700. The molecule has 0 heterocycles. The Kier molecular flexibility index (Phi) is 6.48. The molecular formula is C17H19FN2O4. The third kappa shape index (κ3) is 6.48. The fourth-order valence-electron chi connectivity index (χ4n) is 1.69. The first-order valence-electron chi connectivity index (χ1n) is 7.21. The minimum atomic E-state index is -1.06. The average molecular weight is 334 g/mol. The number of carbonyl (C=O) groups is 2. The van der Waals surface area contributed by atoms with Gasteiger partial charge >= 0.3 is 5.97 Å². The molecule has 0 radical (unpaired) electrons. The smallest absolute Gasteiger partial charge is 0.306 e. The maximum atomic E-state index is 13.7. The van der Waals surface area contributed by atoms with Gasteiger partial charge in [-0.15, -0.1) is 0 Å². The Morgan fingerprint density at radius 2 is 2.08 bits per heavy atom. The Morgan fingerprint density at radius 1 is 1.42 bits per heavy atom. The van der Waals surface area contributed by atoms with Crippen LogP contribution in [0.25, 0.3) is 6.08 Å². The second-order valence-electron chi connectivity index (χ2n) is 6.06. The van der Waals surface area contributed by atoms with Crippen molar-refractivity contribution < 1.29 is 23.8 Å². The molecule has 7 heteroatoms. The van der Waals surface area contributed by atoms with E-state index in [4.69, 9.17) is 15.1 Å². The second kappa shape index (κ2) is 8.11. The molecule has 128 valence electrons. The van der Waals surface area contributed by atoms with Crippen molar-refractivity contribution in [1.82, 2.24) is 5.32 Å². The van der Waals surface area contributed by atoms with Crippen molar-refractivity contribution in [1.29, 1.82) is 5.26 Å². The summed E-state index contributed by atoms with van der Waals surface area (Å²) in [5.41, 5.74) is -0.239. The highest BCUT2D eigenvalue weighted by molar-refractivity contribution is 6.02. The van der Waals surface area contributed by atoms with Crippen LogP contribution in [0.4, 0.5) is 4.39 Å².